The lowest BCUT2D eigenvalue weighted by Crippen LogP contribution is -2.26. The molecule has 100 valence electrons. The molecule has 1 aromatic carbocycles. The van der Waals surface area contributed by atoms with E-state index in [1.165, 1.54) is 0 Å². The second-order valence-corrected chi connectivity index (χ2v) is 4.49. The third kappa shape index (κ3) is 3.47. The summed E-state index contributed by atoms with van der Waals surface area (Å²) in [6.07, 6.45) is 0.171. The Kier molecular flexibility index (Phi) is 5.16. The van der Waals surface area contributed by atoms with Crippen molar-refractivity contribution in [3.63, 3.8) is 0 Å². The number of rotatable bonds is 5. The van der Waals surface area contributed by atoms with Gasteiger partial charge in [-0.25, -0.2) is 0 Å². The molecule has 4 nitrogen and oxygen atoms in total. The summed E-state index contributed by atoms with van der Waals surface area (Å²) in [6, 6.07) is 4.04. The van der Waals surface area contributed by atoms with Crippen LogP contribution in [0, 0.1) is 13.8 Å². The molecular formula is C14H21NO3. The number of aliphatic hydroxyl groups excluding tert-OH is 1. The van der Waals surface area contributed by atoms with Gasteiger partial charge in [0.25, 0.3) is 0 Å². The molecule has 1 rings (SSSR count). The maximum Gasteiger partial charge on any atom is 0.224 e. The van der Waals surface area contributed by atoms with Crippen molar-refractivity contribution >= 4 is 5.91 Å². The first kappa shape index (κ1) is 14.5. The summed E-state index contributed by atoms with van der Waals surface area (Å²) < 4.78 is 5.31. The van der Waals surface area contributed by atoms with Crippen LogP contribution in [0.1, 0.15) is 23.1 Å². The molecule has 0 atom stereocenters. The number of hydrogen-bond acceptors (Lipinski definition) is 3. The molecule has 0 radical (unpaired) electrons. The van der Waals surface area contributed by atoms with Gasteiger partial charge in [-0.2, -0.15) is 0 Å². The number of carbonyl (C=O) groups excluding carboxylic acids is 1. The lowest BCUT2D eigenvalue weighted by atomic mass is 10.1. The van der Waals surface area contributed by atoms with E-state index in [1.807, 2.05) is 26.0 Å². The van der Waals surface area contributed by atoms with Gasteiger partial charge in [-0.15, -0.1) is 0 Å². The number of carbonyl (C=O) groups is 1. The fourth-order valence-electron chi connectivity index (χ4n) is 2.10. The van der Waals surface area contributed by atoms with E-state index in [0.717, 1.165) is 22.4 Å². The lowest BCUT2D eigenvalue weighted by molar-refractivity contribution is -0.131. The van der Waals surface area contributed by atoms with E-state index in [1.54, 1.807) is 19.1 Å². The zero-order valence-corrected chi connectivity index (χ0v) is 11.5. The normalized spacial score (nSPS) is 10.3. The van der Waals surface area contributed by atoms with Crippen LogP contribution in [0.5, 0.6) is 5.75 Å². The molecule has 0 saturated heterocycles. The van der Waals surface area contributed by atoms with Crippen LogP contribution in [0.25, 0.3) is 0 Å². The zero-order valence-electron chi connectivity index (χ0n) is 11.5. The molecule has 0 spiro atoms. The van der Waals surface area contributed by atoms with Crippen molar-refractivity contribution in [3.8, 4) is 5.75 Å². The minimum Gasteiger partial charge on any atom is -0.496 e. The number of ether oxygens (including phenoxy) is 1. The van der Waals surface area contributed by atoms with E-state index >= 15 is 0 Å². The first-order valence-corrected chi connectivity index (χ1v) is 5.98. The Balaban J connectivity index is 2.83. The van der Waals surface area contributed by atoms with Crippen LogP contribution in [0.15, 0.2) is 12.1 Å². The van der Waals surface area contributed by atoms with Gasteiger partial charge in [0, 0.05) is 20.0 Å². The number of benzene rings is 1. The van der Waals surface area contributed by atoms with Gasteiger partial charge in [-0.1, -0.05) is 12.1 Å². The predicted molar refractivity (Wildman–Crippen MR) is 70.6 cm³/mol. The van der Waals surface area contributed by atoms with E-state index in [9.17, 15) is 4.79 Å². The van der Waals surface area contributed by atoms with Gasteiger partial charge in [-0.3, -0.25) is 4.79 Å². The van der Waals surface area contributed by atoms with Crippen molar-refractivity contribution in [3.05, 3.63) is 28.8 Å². The Bertz CT molecular complexity index is 406. The van der Waals surface area contributed by atoms with Gasteiger partial charge >= 0.3 is 0 Å². The summed E-state index contributed by atoms with van der Waals surface area (Å²) in [5.41, 5.74) is 3.20. The Morgan fingerprint density at radius 1 is 1.33 bits per heavy atom. The molecule has 0 aromatic heterocycles. The second kappa shape index (κ2) is 6.40. The van der Waals surface area contributed by atoms with Crippen LogP contribution in [0.2, 0.25) is 0 Å². The molecule has 0 aliphatic heterocycles. The van der Waals surface area contributed by atoms with E-state index in [-0.39, 0.29) is 18.9 Å². The molecule has 0 aliphatic carbocycles. The summed E-state index contributed by atoms with van der Waals surface area (Å²) in [5.74, 6) is 0.840. The molecule has 0 aliphatic rings. The van der Waals surface area contributed by atoms with Crippen LogP contribution >= 0.6 is 0 Å². The Hall–Kier alpha value is -1.55. The molecule has 1 amide bonds. The Morgan fingerprint density at radius 3 is 2.33 bits per heavy atom. The summed E-state index contributed by atoms with van der Waals surface area (Å²) in [4.78, 5) is 13.2. The molecule has 0 unspecified atom stereocenters. The molecule has 0 saturated carbocycles. The van der Waals surface area contributed by atoms with Gasteiger partial charge in [0.2, 0.25) is 5.91 Å². The van der Waals surface area contributed by atoms with Gasteiger partial charge in [0.1, 0.15) is 5.75 Å². The average Bonchev–Trinajstić information content (AvgIpc) is 2.28. The average molecular weight is 251 g/mol. The van der Waals surface area contributed by atoms with E-state index in [0.29, 0.717) is 6.54 Å². The SMILES string of the molecule is COc1c(C)cc(CN(C)C(=O)CCO)cc1C. The molecule has 0 bridgehead atoms. The fourth-order valence-corrected chi connectivity index (χ4v) is 2.10. The highest BCUT2D eigenvalue weighted by atomic mass is 16.5. The van der Waals surface area contributed by atoms with Crippen LogP contribution in [0.4, 0.5) is 0 Å². The highest BCUT2D eigenvalue weighted by molar-refractivity contribution is 5.75. The summed E-state index contributed by atoms with van der Waals surface area (Å²) in [7, 11) is 3.40. The second-order valence-electron chi connectivity index (χ2n) is 4.49. The van der Waals surface area contributed by atoms with E-state index in [4.69, 9.17) is 9.84 Å². The Labute approximate surface area is 108 Å². The third-order valence-electron chi connectivity index (χ3n) is 2.90. The summed E-state index contributed by atoms with van der Waals surface area (Å²) in [6.45, 7) is 4.42. The maximum atomic E-state index is 11.6. The van der Waals surface area contributed by atoms with Gasteiger partial charge < -0.3 is 14.7 Å². The topological polar surface area (TPSA) is 49.8 Å². The van der Waals surface area contributed by atoms with Crippen molar-refractivity contribution < 1.29 is 14.6 Å². The van der Waals surface area contributed by atoms with Crippen molar-refractivity contribution in [2.45, 2.75) is 26.8 Å². The standard InChI is InChI=1S/C14H21NO3/c1-10-7-12(8-11(2)14(10)18-4)9-15(3)13(17)5-6-16/h7-8,16H,5-6,9H2,1-4H3. The number of aliphatic hydroxyl groups is 1. The molecule has 1 aromatic rings. The molecule has 0 fully saturated rings. The third-order valence-corrected chi connectivity index (χ3v) is 2.90. The number of hydrogen-bond donors (Lipinski definition) is 1. The van der Waals surface area contributed by atoms with E-state index < -0.39 is 0 Å². The van der Waals surface area contributed by atoms with Crippen molar-refractivity contribution in [1.82, 2.24) is 4.90 Å². The predicted octanol–water partition coefficient (Wildman–Crippen LogP) is 1.65. The number of methoxy groups -OCH3 is 1. The number of nitrogens with zero attached hydrogens (tertiary/aromatic N) is 1. The first-order valence-electron chi connectivity index (χ1n) is 5.98. The Morgan fingerprint density at radius 2 is 1.89 bits per heavy atom. The summed E-state index contributed by atoms with van der Waals surface area (Å²) >= 11 is 0. The molecule has 1 N–H and O–H groups in total. The van der Waals surface area contributed by atoms with Crippen LogP contribution in [0.3, 0.4) is 0 Å². The largest absolute Gasteiger partial charge is 0.496 e. The minimum atomic E-state index is -0.107. The first-order chi connectivity index (χ1) is 8.49. The minimum absolute atomic E-state index is 0.0522. The fraction of sp³-hybridized carbons (Fsp3) is 0.500. The molecule has 0 heterocycles. The number of amides is 1. The number of aryl methyl sites for hydroxylation is 2. The van der Waals surface area contributed by atoms with Crippen molar-refractivity contribution in [2.24, 2.45) is 0 Å². The van der Waals surface area contributed by atoms with Crippen LogP contribution in [-0.2, 0) is 11.3 Å². The zero-order chi connectivity index (χ0) is 13.7. The molecular weight excluding hydrogens is 230 g/mol. The van der Waals surface area contributed by atoms with Gasteiger partial charge in [0.15, 0.2) is 0 Å². The monoisotopic (exact) mass is 251 g/mol. The quantitative estimate of drug-likeness (QED) is 0.865. The lowest BCUT2D eigenvalue weighted by Gasteiger charge is -2.18. The smallest absolute Gasteiger partial charge is 0.224 e. The highest BCUT2D eigenvalue weighted by Gasteiger charge is 2.11. The molecule has 18 heavy (non-hydrogen) atoms. The van der Waals surface area contributed by atoms with Crippen LogP contribution in [-0.4, -0.2) is 36.7 Å². The van der Waals surface area contributed by atoms with Crippen molar-refractivity contribution in [2.75, 3.05) is 20.8 Å². The van der Waals surface area contributed by atoms with Crippen LogP contribution < -0.4 is 4.74 Å². The van der Waals surface area contributed by atoms with E-state index in [2.05, 4.69) is 0 Å². The molecule has 4 heteroatoms. The van der Waals surface area contributed by atoms with Crippen molar-refractivity contribution in [1.29, 1.82) is 0 Å². The van der Waals surface area contributed by atoms with Gasteiger partial charge in [-0.05, 0) is 30.5 Å². The highest BCUT2D eigenvalue weighted by Crippen LogP contribution is 2.24. The maximum absolute atomic E-state index is 11.6. The summed E-state index contributed by atoms with van der Waals surface area (Å²) in [5, 5.41) is 8.74. The van der Waals surface area contributed by atoms with Gasteiger partial charge in [0.05, 0.1) is 13.7 Å².